The Morgan fingerprint density at radius 2 is 1.13 bits per heavy atom. The molecule has 6 nitrogen and oxygen atoms in total. The molecule has 3 heterocycles. The zero-order chi connectivity index (χ0) is 30.8. The zero-order valence-electron chi connectivity index (χ0n) is 25.9. The van der Waals surface area contributed by atoms with Gasteiger partial charge in [-0.25, -0.2) is 14.6 Å². The summed E-state index contributed by atoms with van der Waals surface area (Å²) < 4.78 is 14.2. The molecule has 0 saturated heterocycles. The van der Waals surface area contributed by atoms with Gasteiger partial charge >= 0.3 is 0 Å². The lowest BCUT2D eigenvalue weighted by Gasteiger charge is -2.10. The van der Waals surface area contributed by atoms with Gasteiger partial charge in [-0.2, -0.15) is 5.10 Å². The minimum absolute atomic E-state index is 0.632. The molecule has 0 amide bonds. The summed E-state index contributed by atoms with van der Waals surface area (Å²) in [5.41, 5.74) is 6.42. The van der Waals surface area contributed by atoms with E-state index in [0.29, 0.717) is 25.0 Å². The number of hydrogen-bond acceptors (Lipinski definition) is 5. The number of pyridine rings is 2. The van der Waals surface area contributed by atoms with Crippen molar-refractivity contribution in [2.75, 3.05) is 13.2 Å². The maximum Gasteiger partial charge on any atom is 0.221 e. The second-order valence-electron chi connectivity index (χ2n) is 11.0. The normalized spacial score (nSPS) is 11.7. The van der Waals surface area contributed by atoms with Gasteiger partial charge in [0.15, 0.2) is 0 Å². The van der Waals surface area contributed by atoms with Gasteiger partial charge in [0, 0.05) is 21.9 Å². The largest absolute Gasteiger partial charge is 0.477 e. The van der Waals surface area contributed by atoms with Gasteiger partial charge in [-0.15, -0.1) is 0 Å². The van der Waals surface area contributed by atoms with Crippen molar-refractivity contribution >= 4 is 46.1 Å². The standard InChI is InChI=1S/C39H38N4O2/c1-3-5-24-44-38-31(26-29-14-10-12-18-36(29)40-38)20-22-33-28-35(43(42-33)34-16-8-7-9-17-34)23-21-32-27-30-15-11-13-19-37(30)41-39(32)45-25-6-4-2/h7-23,26-28H,3-6,24-25H2,1-2H3/b22-20+,23-21+. The van der Waals surface area contributed by atoms with Crippen molar-refractivity contribution in [1.29, 1.82) is 0 Å². The number of ether oxygens (including phenoxy) is 2. The number of benzene rings is 3. The molecule has 0 aliphatic heterocycles. The van der Waals surface area contributed by atoms with Gasteiger partial charge in [-0.1, -0.05) is 81.3 Å². The monoisotopic (exact) mass is 594 g/mol. The lowest BCUT2D eigenvalue weighted by Crippen LogP contribution is -2.01. The third kappa shape index (κ3) is 7.29. The van der Waals surface area contributed by atoms with E-state index in [1.807, 2.05) is 71.4 Å². The van der Waals surface area contributed by atoms with Crippen LogP contribution in [0.2, 0.25) is 0 Å². The molecule has 3 aromatic heterocycles. The summed E-state index contributed by atoms with van der Waals surface area (Å²) in [4.78, 5) is 9.66. The van der Waals surface area contributed by atoms with Crippen LogP contribution in [-0.2, 0) is 0 Å². The van der Waals surface area contributed by atoms with Crippen LogP contribution in [0.15, 0.2) is 97.1 Å². The van der Waals surface area contributed by atoms with Crippen molar-refractivity contribution in [2.45, 2.75) is 39.5 Å². The lowest BCUT2D eigenvalue weighted by molar-refractivity contribution is 0.298. The molecule has 0 atom stereocenters. The molecule has 0 bridgehead atoms. The van der Waals surface area contributed by atoms with Crippen molar-refractivity contribution in [3.63, 3.8) is 0 Å². The van der Waals surface area contributed by atoms with Crippen LogP contribution in [0.3, 0.4) is 0 Å². The van der Waals surface area contributed by atoms with E-state index in [1.165, 1.54) is 0 Å². The molecule has 0 spiro atoms. The topological polar surface area (TPSA) is 62.1 Å². The summed E-state index contributed by atoms with van der Waals surface area (Å²) in [6, 6.07) is 32.8. The first kappa shape index (κ1) is 29.8. The van der Waals surface area contributed by atoms with Crippen LogP contribution in [0.4, 0.5) is 0 Å². The Bertz CT molecular complexity index is 1940. The Hall–Kier alpha value is -5.23. The number of hydrogen-bond donors (Lipinski definition) is 0. The molecule has 45 heavy (non-hydrogen) atoms. The lowest BCUT2D eigenvalue weighted by atomic mass is 10.1. The molecule has 6 heteroatoms. The number of aromatic nitrogens is 4. The minimum atomic E-state index is 0.632. The quantitative estimate of drug-likeness (QED) is 0.125. The van der Waals surface area contributed by atoms with E-state index < -0.39 is 0 Å². The SMILES string of the molecule is CCCCOc1nc2ccccc2cc1/C=C/c1cc(/C=C/c2cc3ccccc3nc2OCCCC)n(-c2ccccc2)n1. The summed E-state index contributed by atoms with van der Waals surface area (Å²) in [6.07, 6.45) is 12.3. The van der Waals surface area contributed by atoms with Crippen LogP contribution in [0.1, 0.15) is 62.0 Å². The third-order valence-corrected chi connectivity index (χ3v) is 7.53. The van der Waals surface area contributed by atoms with E-state index in [0.717, 1.165) is 75.7 Å². The van der Waals surface area contributed by atoms with Crippen LogP contribution in [-0.4, -0.2) is 33.0 Å². The molecule has 6 rings (SSSR count). The molecule has 0 N–H and O–H groups in total. The maximum absolute atomic E-state index is 6.14. The van der Waals surface area contributed by atoms with Crippen molar-refractivity contribution in [2.24, 2.45) is 0 Å². The second-order valence-corrected chi connectivity index (χ2v) is 11.0. The van der Waals surface area contributed by atoms with Crippen molar-refractivity contribution in [3.8, 4) is 17.4 Å². The molecule has 0 fully saturated rings. The van der Waals surface area contributed by atoms with Crippen LogP contribution >= 0.6 is 0 Å². The summed E-state index contributed by atoms with van der Waals surface area (Å²) >= 11 is 0. The van der Waals surface area contributed by atoms with Gasteiger partial charge in [0.05, 0.1) is 41.3 Å². The molecule has 226 valence electrons. The fourth-order valence-electron chi connectivity index (χ4n) is 5.07. The van der Waals surface area contributed by atoms with E-state index in [-0.39, 0.29) is 0 Å². The third-order valence-electron chi connectivity index (χ3n) is 7.53. The molecule has 0 saturated carbocycles. The van der Waals surface area contributed by atoms with Crippen LogP contribution in [0, 0.1) is 0 Å². The van der Waals surface area contributed by atoms with Crippen LogP contribution in [0.5, 0.6) is 11.8 Å². The van der Waals surface area contributed by atoms with E-state index in [4.69, 9.17) is 24.5 Å². The predicted octanol–water partition coefficient (Wildman–Crippen LogP) is 9.67. The highest BCUT2D eigenvalue weighted by atomic mass is 16.5. The smallest absolute Gasteiger partial charge is 0.221 e. The van der Waals surface area contributed by atoms with Crippen LogP contribution in [0.25, 0.3) is 51.8 Å². The van der Waals surface area contributed by atoms with Gasteiger partial charge in [0.2, 0.25) is 11.8 Å². The van der Waals surface area contributed by atoms with Gasteiger partial charge in [-0.05, 0) is 79.6 Å². The first-order valence-electron chi connectivity index (χ1n) is 15.8. The number of unbranched alkanes of at least 4 members (excludes halogenated alkanes) is 2. The van der Waals surface area contributed by atoms with E-state index in [9.17, 15) is 0 Å². The maximum atomic E-state index is 6.14. The van der Waals surface area contributed by atoms with E-state index >= 15 is 0 Å². The second kappa shape index (κ2) is 14.5. The highest BCUT2D eigenvalue weighted by molar-refractivity contribution is 5.86. The first-order valence-corrected chi connectivity index (χ1v) is 15.8. The van der Waals surface area contributed by atoms with E-state index in [2.05, 4.69) is 68.5 Å². The first-order chi connectivity index (χ1) is 22.2. The predicted molar refractivity (Wildman–Crippen MR) is 186 cm³/mol. The Balaban J connectivity index is 1.36. The molecule has 0 aliphatic carbocycles. The molecular weight excluding hydrogens is 556 g/mol. The number of para-hydroxylation sites is 3. The highest BCUT2D eigenvalue weighted by Gasteiger charge is 2.11. The average molecular weight is 595 g/mol. The highest BCUT2D eigenvalue weighted by Crippen LogP contribution is 2.27. The molecule has 0 unspecified atom stereocenters. The molecule has 0 radical (unpaired) electrons. The summed E-state index contributed by atoms with van der Waals surface area (Å²) in [6.45, 7) is 5.58. The van der Waals surface area contributed by atoms with Crippen LogP contribution < -0.4 is 9.47 Å². The minimum Gasteiger partial charge on any atom is -0.477 e. The average Bonchev–Trinajstić information content (AvgIpc) is 3.50. The van der Waals surface area contributed by atoms with Crippen molar-refractivity contribution in [1.82, 2.24) is 19.7 Å². The van der Waals surface area contributed by atoms with Gasteiger partial charge in [0.1, 0.15) is 0 Å². The number of fused-ring (bicyclic) bond motifs is 2. The Labute approximate surface area is 264 Å². The molecule has 6 aromatic rings. The summed E-state index contributed by atoms with van der Waals surface area (Å²) in [5, 5.41) is 7.12. The number of rotatable bonds is 13. The zero-order valence-corrected chi connectivity index (χ0v) is 25.9. The van der Waals surface area contributed by atoms with Gasteiger partial charge in [0.25, 0.3) is 0 Å². The van der Waals surface area contributed by atoms with Gasteiger partial charge in [-0.3, -0.25) is 0 Å². The summed E-state index contributed by atoms with van der Waals surface area (Å²) in [5.74, 6) is 1.28. The molecule has 3 aromatic carbocycles. The molecule has 0 aliphatic rings. The fraction of sp³-hybridized carbons (Fsp3) is 0.205. The Morgan fingerprint density at radius 3 is 1.71 bits per heavy atom. The summed E-state index contributed by atoms with van der Waals surface area (Å²) in [7, 11) is 0. The van der Waals surface area contributed by atoms with Crippen molar-refractivity contribution < 1.29 is 9.47 Å². The Kier molecular flexibility index (Phi) is 9.61. The fourth-order valence-corrected chi connectivity index (χ4v) is 5.07. The van der Waals surface area contributed by atoms with Gasteiger partial charge < -0.3 is 9.47 Å². The van der Waals surface area contributed by atoms with E-state index in [1.54, 1.807) is 0 Å². The Morgan fingerprint density at radius 1 is 0.600 bits per heavy atom. The van der Waals surface area contributed by atoms with Crippen molar-refractivity contribution in [3.05, 3.63) is 120 Å². The number of nitrogens with zero attached hydrogens (tertiary/aromatic N) is 4. The molecular formula is C39H38N4O2.